The number of benzene rings is 3. The van der Waals surface area contributed by atoms with Gasteiger partial charge < -0.3 is 19.3 Å². The molecule has 0 spiro atoms. The molecule has 1 amide bonds. The molecular weight excluding hydrogens is 503 g/mol. The van der Waals surface area contributed by atoms with Crippen molar-refractivity contribution in [2.24, 2.45) is 0 Å². The first-order valence-corrected chi connectivity index (χ1v) is 11.7. The van der Waals surface area contributed by atoms with Crippen LogP contribution < -0.4 is 19.1 Å². The number of hydrogen-bond donors (Lipinski definition) is 1. The van der Waals surface area contributed by atoms with Crippen molar-refractivity contribution in [1.82, 2.24) is 0 Å². The molecule has 2 unspecified atom stereocenters. The molecule has 0 radical (unpaired) electrons. The third-order valence-electron chi connectivity index (χ3n) is 6.39. The van der Waals surface area contributed by atoms with Gasteiger partial charge in [-0.1, -0.05) is 12.1 Å². The lowest BCUT2D eigenvalue weighted by Gasteiger charge is -2.26. The molecule has 7 nitrogen and oxygen atoms in total. The van der Waals surface area contributed by atoms with Crippen molar-refractivity contribution in [2.45, 2.75) is 31.9 Å². The summed E-state index contributed by atoms with van der Waals surface area (Å²) in [7, 11) is 1.49. The Morgan fingerprint density at radius 2 is 1.66 bits per heavy atom. The first kappa shape index (κ1) is 25.2. The van der Waals surface area contributed by atoms with Crippen molar-refractivity contribution in [3.8, 4) is 17.2 Å². The maximum absolute atomic E-state index is 13.3. The van der Waals surface area contributed by atoms with Gasteiger partial charge in [-0.25, -0.2) is 0 Å². The summed E-state index contributed by atoms with van der Waals surface area (Å²) in [5.74, 6) is -1.49. The number of carbonyl (C=O) groups excluding carboxylic acids is 2. The summed E-state index contributed by atoms with van der Waals surface area (Å²) >= 11 is 0. The lowest BCUT2D eigenvalue weighted by atomic mass is 9.94. The van der Waals surface area contributed by atoms with Crippen molar-refractivity contribution in [3.05, 3.63) is 89.0 Å². The number of amides is 1. The molecular formula is C28H22F3NO6. The Morgan fingerprint density at radius 3 is 2.29 bits per heavy atom. The molecule has 38 heavy (non-hydrogen) atoms. The van der Waals surface area contributed by atoms with Crippen LogP contribution in [0.15, 0.2) is 72.3 Å². The Kier molecular flexibility index (Phi) is 6.26. The van der Waals surface area contributed by atoms with Crippen molar-refractivity contribution >= 4 is 23.1 Å². The first-order chi connectivity index (χ1) is 18.1. The van der Waals surface area contributed by atoms with Crippen molar-refractivity contribution in [2.75, 3.05) is 12.0 Å². The third-order valence-corrected chi connectivity index (χ3v) is 6.39. The highest BCUT2D eigenvalue weighted by atomic mass is 19.4. The molecule has 3 aromatic carbocycles. The van der Waals surface area contributed by atoms with Crippen LogP contribution in [0, 0.1) is 0 Å². The molecule has 0 saturated carbocycles. The largest absolute Gasteiger partial charge is 0.573 e. The summed E-state index contributed by atoms with van der Waals surface area (Å²) in [5.41, 5.74) is 1.68. The van der Waals surface area contributed by atoms with Crippen LogP contribution in [0.3, 0.4) is 0 Å². The van der Waals surface area contributed by atoms with Gasteiger partial charge in [-0.2, -0.15) is 0 Å². The van der Waals surface area contributed by atoms with Crippen LogP contribution in [0.5, 0.6) is 17.2 Å². The zero-order chi connectivity index (χ0) is 27.2. The fourth-order valence-electron chi connectivity index (χ4n) is 4.73. The van der Waals surface area contributed by atoms with Gasteiger partial charge in [-0.15, -0.1) is 13.2 Å². The molecule has 5 rings (SSSR count). The summed E-state index contributed by atoms with van der Waals surface area (Å²) in [4.78, 5) is 27.7. The van der Waals surface area contributed by atoms with Crippen molar-refractivity contribution < 1.29 is 42.1 Å². The molecule has 0 aromatic heterocycles. The van der Waals surface area contributed by atoms with E-state index in [4.69, 9.17) is 9.47 Å². The molecule has 10 heteroatoms. The minimum Gasteiger partial charge on any atom is -0.507 e. The lowest BCUT2D eigenvalue weighted by Crippen LogP contribution is -2.29. The number of nitrogens with zero attached hydrogens (tertiary/aromatic N) is 1. The molecule has 2 aliphatic rings. The average Bonchev–Trinajstić information content (AvgIpc) is 3.38. The van der Waals surface area contributed by atoms with Gasteiger partial charge in [0.1, 0.15) is 29.1 Å². The molecule has 0 aliphatic carbocycles. The summed E-state index contributed by atoms with van der Waals surface area (Å²) in [6.07, 6.45) is -4.29. The Labute approximate surface area is 215 Å². The predicted octanol–water partition coefficient (Wildman–Crippen LogP) is 5.54. The van der Waals surface area contributed by atoms with Gasteiger partial charge in [-0.3, -0.25) is 14.5 Å². The number of ether oxygens (including phenoxy) is 3. The fourth-order valence-corrected chi connectivity index (χ4v) is 4.73. The Hall–Kier alpha value is -4.47. The average molecular weight is 525 g/mol. The Bertz CT molecular complexity index is 1430. The van der Waals surface area contributed by atoms with Gasteiger partial charge in [-0.05, 0) is 72.6 Å². The maximum Gasteiger partial charge on any atom is 0.573 e. The van der Waals surface area contributed by atoms with Gasteiger partial charge in [0.25, 0.3) is 11.7 Å². The number of hydrogen-bond acceptors (Lipinski definition) is 6. The van der Waals surface area contributed by atoms with Crippen LogP contribution in [0.4, 0.5) is 18.9 Å². The summed E-state index contributed by atoms with van der Waals surface area (Å²) < 4.78 is 52.7. The van der Waals surface area contributed by atoms with Crippen LogP contribution >= 0.6 is 0 Å². The number of aliphatic hydroxyl groups is 1. The van der Waals surface area contributed by atoms with Crippen molar-refractivity contribution in [3.63, 3.8) is 0 Å². The standard InChI is InChI=1S/C28H22F3NO6/c1-15-13-18-14-17(5-12-22(18)37-15)25(33)23-24(16-3-8-20(36-2)9-4-16)32(27(35)26(23)34)19-6-10-21(11-7-19)38-28(29,30)31/h3-12,14-15,24,33H,13H2,1-2H3/b25-23-. The second-order valence-corrected chi connectivity index (χ2v) is 8.94. The second kappa shape index (κ2) is 9.44. The van der Waals surface area contributed by atoms with Gasteiger partial charge in [0, 0.05) is 17.7 Å². The lowest BCUT2D eigenvalue weighted by molar-refractivity contribution is -0.274. The fraction of sp³-hybridized carbons (Fsp3) is 0.214. The number of methoxy groups -OCH3 is 1. The quantitative estimate of drug-likeness (QED) is 0.267. The molecule has 3 aromatic rings. The van der Waals surface area contributed by atoms with Crippen LogP contribution in [0.2, 0.25) is 0 Å². The monoisotopic (exact) mass is 525 g/mol. The molecule has 2 aliphatic heterocycles. The molecule has 2 atom stereocenters. The summed E-state index contributed by atoms with van der Waals surface area (Å²) in [6.45, 7) is 1.92. The van der Waals surface area contributed by atoms with Crippen molar-refractivity contribution in [1.29, 1.82) is 0 Å². The van der Waals surface area contributed by atoms with E-state index in [9.17, 15) is 27.9 Å². The van der Waals surface area contributed by atoms with E-state index in [2.05, 4.69) is 4.74 Å². The van der Waals surface area contributed by atoms with Crippen LogP contribution in [-0.4, -0.2) is 36.4 Å². The highest BCUT2D eigenvalue weighted by Crippen LogP contribution is 2.43. The third kappa shape index (κ3) is 4.65. The minimum atomic E-state index is -4.88. The summed E-state index contributed by atoms with van der Waals surface area (Å²) in [6, 6.07) is 15.1. The van der Waals surface area contributed by atoms with Gasteiger partial charge in [0.15, 0.2) is 0 Å². The van der Waals surface area contributed by atoms with E-state index in [0.717, 1.165) is 22.6 Å². The number of carbonyl (C=O) groups is 2. The smallest absolute Gasteiger partial charge is 0.507 e. The van der Waals surface area contributed by atoms with Crippen LogP contribution in [0.25, 0.3) is 5.76 Å². The van der Waals surface area contributed by atoms with Gasteiger partial charge >= 0.3 is 6.36 Å². The molecule has 0 bridgehead atoms. The Morgan fingerprint density at radius 1 is 1.00 bits per heavy atom. The molecule has 1 N–H and O–H groups in total. The summed E-state index contributed by atoms with van der Waals surface area (Å²) in [5, 5.41) is 11.3. The van der Waals surface area contributed by atoms with E-state index in [1.807, 2.05) is 6.92 Å². The number of rotatable bonds is 5. The predicted molar refractivity (Wildman–Crippen MR) is 131 cm³/mol. The van der Waals surface area contributed by atoms with Crippen LogP contribution in [0.1, 0.15) is 29.7 Å². The normalized spacial score (nSPS) is 20.3. The van der Waals surface area contributed by atoms with Gasteiger partial charge in [0.2, 0.25) is 0 Å². The molecule has 1 fully saturated rings. The SMILES string of the molecule is COc1ccc(C2/C(=C(/O)c3ccc4c(c3)CC(C)O4)C(=O)C(=O)N2c2ccc(OC(F)(F)F)cc2)cc1. The van der Waals surface area contributed by atoms with E-state index < -0.39 is 29.8 Å². The van der Waals surface area contributed by atoms with Crippen LogP contribution in [-0.2, 0) is 16.0 Å². The van der Waals surface area contributed by atoms with Gasteiger partial charge in [0.05, 0.1) is 18.7 Å². The number of Topliss-reactive ketones (excluding diaryl/α,β-unsaturated/α-hetero) is 1. The Balaban J connectivity index is 1.62. The zero-order valence-electron chi connectivity index (χ0n) is 20.3. The number of ketones is 1. The van der Waals surface area contributed by atoms with E-state index in [1.54, 1.807) is 42.5 Å². The number of halogens is 3. The maximum atomic E-state index is 13.3. The molecule has 196 valence electrons. The number of aliphatic hydroxyl groups excluding tert-OH is 1. The van der Waals surface area contributed by atoms with E-state index in [1.165, 1.54) is 19.2 Å². The van der Waals surface area contributed by atoms with E-state index in [-0.39, 0.29) is 23.1 Å². The first-order valence-electron chi connectivity index (χ1n) is 11.7. The molecule has 1 saturated heterocycles. The zero-order valence-corrected chi connectivity index (χ0v) is 20.3. The number of alkyl halides is 3. The molecule has 2 heterocycles. The number of fused-ring (bicyclic) bond motifs is 1. The topological polar surface area (TPSA) is 85.3 Å². The minimum absolute atomic E-state index is 0.0310. The van der Waals surface area contributed by atoms with E-state index in [0.29, 0.717) is 29.0 Å². The van der Waals surface area contributed by atoms with E-state index >= 15 is 0 Å². The number of anilines is 1. The highest BCUT2D eigenvalue weighted by molar-refractivity contribution is 6.51. The highest BCUT2D eigenvalue weighted by Gasteiger charge is 2.47. The second-order valence-electron chi connectivity index (χ2n) is 8.94.